The fourth-order valence-corrected chi connectivity index (χ4v) is 2.22. The number of nitrogens with two attached hydrogens (primary N) is 1. The maximum atomic E-state index is 13.2. The molecule has 6 heteroatoms. The third-order valence-electron chi connectivity index (χ3n) is 2.87. The Bertz CT molecular complexity index is 758. The number of nitrogen functional groups attached to an aromatic ring is 1. The standard InChI is InChI=1S/C14H9ClFN3O/c15-11-7-9(16)1-2-10(11)12-13(19-20-14(12)17)8-3-5-18-6-4-8/h1-7H,17H2. The first kappa shape index (κ1) is 12.6. The highest BCUT2D eigenvalue weighted by Gasteiger charge is 2.19. The predicted octanol–water partition coefficient (Wildman–Crippen LogP) is 3.78. The van der Waals surface area contributed by atoms with E-state index >= 15 is 0 Å². The zero-order valence-electron chi connectivity index (χ0n) is 10.2. The van der Waals surface area contributed by atoms with Crippen LogP contribution in [0, 0.1) is 5.82 Å². The number of rotatable bonds is 2. The van der Waals surface area contributed by atoms with Crippen molar-refractivity contribution in [2.45, 2.75) is 0 Å². The summed E-state index contributed by atoms with van der Waals surface area (Å²) in [5.41, 5.74) is 8.26. The van der Waals surface area contributed by atoms with Crippen molar-refractivity contribution in [3.05, 3.63) is 53.6 Å². The van der Waals surface area contributed by atoms with Crippen LogP contribution in [0.1, 0.15) is 0 Å². The van der Waals surface area contributed by atoms with Crippen molar-refractivity contribution < 1.29 is 8.91 Å². The van der Waals surface area contributed by atoms with Crippen molar-refractivity contribution in [3.63, 3.8) is 0 Å². The minimum Gasteiger partial charge on any atom is -0.367 e. The molecule has 0 fully saturated rings. The molecule has 0 aliphatic rings. The molecule has 0 aliphatic heterocycles. The molecular weight excluding hydrogens is 281 g/mol. The van der Waals surface area contributed by atoms with Crippen molar-refractivity contribution in [2.75, 3.05) is 5.73 Å². The van der Waals surface area contributed by atoms with Crippen LogP contribution < -0.4 is 5.73 Å². The van der Waals surface area contributed by atoms with Crippen molar-refractivity contribution >= 4 is 17.5 Å². The molecule has 0 saturated heterocycles. The quantitative estimate of drug-likeness (QED) is 0.780. The summed E-state index contributed by atoms with van der Waals surface area (Å²) in [6.07, 6.45) is 3.27. The Balaban J connectivity index is 2.22. The lowest BCUT2D eigenvalue weighted by atomic mass is 10.0. The molecule has 100 valence electrons. The summed E-state index contributed by atoms with van der Waals surface area (Å²) in [6.45, 7) is 0. The molecule has 0 aliphatic carbocycles. The topological polar surface area (TPSA) is 64.9 Å². The highest BCUT2D eigenvalue weighted by atomic mass is 35.5. The number of hydrogen-bond donors (Lipinski definition) is 1. The largest absolute Gasteiger partial charge is 0.367 e. The zero-order valence-corrected chi connectivity index (χ0v) is 10.9. The fourth-order valence-electron chi connectivity index (χ4n) is 1.96. The number of halogens is 2. The van der Waals surface area contributed by atoms with Gasteiger partial charge in [-0.25, -0.2) is 4.39 Å². The first-order valence-corrected chi connectivity index (χ1v) is 6.15. The highest BCUT2D eigenvalue weighted by molar-refractivity contribution is 6.33. The van der Waals surface area contributed by atoms with E-state index in [4.69, 9.17) is 21.9 Å². The zero-order chi connectivity index (χ0) is 14.1. The van der Waals surface area contributed by atoms with Gasteiger partial charge >= 0.3 is 0 Å². The van der Waals surface area contributed by atoms with E-state index < -0.39 is 5.82 Å². The third-order valence-corrected chi connectivity index (χ3v) is 3.19. The van der Waals surface area contributed by atoms with Crippen LogP contribution in [0.5, 0.6) is 0 Å². The second-order valence-corrected chi connectivity index (χ2v) is 4.54. The van der Waals surface area contributed by atoms with Crippen LogP contribution in [0.15, 0.2) is 47.2 Å². The predicted molar refractivity (Wildman–Crippen MR) is 74.6 cm³/mol. The minimum absolute atomic E-state index is 0.130. The summed E-state index contributed by atoms with van der Waals surface area (Å²) in [6, 6.07) is 7.63. The van der Waals surface area contributed by atoms with Gasteiger partial charge in [0.15, 0.2) is 0 Å². The molecule has 0 saturated carbocycles. The van der Waals surface area contributed by atoms with E-state index in [2.05, 4.69) is 10.1 Å². The summed E-state index contributed by atoms with van der Waals surface area (Å²) >= 11 is 6.08. The van der Waals surface area contributed by atoms with E-state index in [0.717, 1.165) is 5.56 Å². The molecule has 2 N–H and O–H groups in total. The summed E-state index contributed by atoms with van der Waals surface area (Å²) in [7, 11) is 0. The molecule has 4 nitrogen and oxygen atoms in total. The maximum absolute atomic E-state index is 13.2. The van der Waals surface area contributed by atoms with Crippen molar-refractivity contribution in [2.24, 2.45) is 0 Å². The van der Waals surface area contributed by atoms with Crippen molar-refractivity contribution in [1.29, 1.82) is 0 Å². The Kier molecular flexibility index (Phi) is 3.12. The second kappa shape index (κ2) is 4.94. The van der Waals surface area contributed by atoms with Gasteiger partial charge in [0.2, 0.25) is 5.88 Å². The van der Waals surface area contributed by atoms with Gasteiger partial charge in [0, 0.05) is 23.5 Å². The van der Waals surface area contributed by atoms with Gasteiger partial charge in [-0.15, -0.1) is 0 Å². The monoisotopic (exact) mass is 289 g/mol. The van der Waals surface area contributed by atoms with Crippen molar-refractivity contribution in [3.8, 4) is 22.4 Å². The van der Waals surface area contributed by atoms with Crippen LogP contribution in [0.3, 0.4) is 0 Å². The molecule has 3 rings (SSSR count). The lowest BCUT2D eigenvalue weighted by molar-refractivity contribution is 0.439. The number of benzene rings is 1. The molecule has 0 atom stereocenters. The van der Waals surface area contributed by atoms with Gasteiger partial charge in [0.1, 0.15) is 11.5 Å². The first-order chi connectivity index (χ1) is 9.66. The molecule has 3 aromatic rings. The molecule has 2 heterocycles. The molecule has 0 bridgehead atoms. The second-order valence-electron chi connectivity index (χ2n) is 4.13. The van der Waals surface area contributed by atoms with Gasteiger partial charge < -0.3 is 10.3 Å². The Hall–Kier alpha value is -2.40. The Morgan fingerprint density at radius 2 is 1.90 bits per heavy atom. The van der Waals surface area contributed by atoms with E-state index in [1.54, 1.807) is 30.6 Å². The van der Waals surface area contributed by atoms with E-state index in [1.807, 2.05) is 0 Å². The molecule has 2 aromatic heterocycles. The lowest BCUT2D eigenvalue weighted by Gasteiger charge is -2.05. The highest BCUT2D eigenvalue weighted by Crippen LogP contribution is 2.39. The number of aromatic nitrogens is 2. The summed E-state index contributed by atoms with van der Waals surface area (Å²) in [5.74, 6) is -0.287. The van der Waals surface area contributed by atoms with E-state index in [1.165, 1.54) is 12.1 Å². The van der Waals surface area contributed by atoms with Crippen LogP contribution in [0.25, 0.3) is 22.4 Å². The summed E-state index contributed by atoms with van der Waals surface area (Å²) in [4.78, 5) is 3.94. The molecule has 20 heavy (non-hydrogen) atoms. The number of hydrogen-bond acceptors (Lipinski definition) is 4. The van der Waals surface area contributed by atoms with Gasteiger partial charge in [-0.3, -0.25) is 4.98 Å². The van der Waals surface area contributed by atoms with Crippen LogP contribution in [0.2, 0.25) is 5.02 Å². The summed E-state index contributed by atoms with van der Waals surface area (Å²) < 4.78 is 18.2. The Morgan fingerprint density at radius 3 is 2.60 bits per heavy atom. The molecule has 0 radical (unpaired) electrons. The van der Waals surface area contributed by atoms with Gasteiger partial charge in [-0.1, -0.05) is 16.8 Å². The van der Waals surface area contributed by atoms with Gasteiger partial charge in [-0.05, 0) is 30.3 Å². The smallest absolute Gasteiger partial charge is 0.230 e. The Morgan fingerprint density at radius 1 is 1.15 bits per heavy atom. The van der Waals surface area contributed by atoms with Gasteiger partial charge in [-0.2, -0.15) is 0 Å². The van der Waals surface area contributed by atoms with Crippen LogP contribution in [-0.2, 0) is 0 Å². The van der Waals surface area contributed by atoms with Crippen LogP contribution >= 0.6 is 11.6 Å². The SMILES string of the molecule is Nc1onc(-c2ccncc2)c1-c1ccc(F)cc1Cl. The van der Waals surface area contributed by atoms with E-state index in [-0.39, 0.29) is 10.9 Å². The van der Waals surface area contributed by atoms with Gasteiger partial charge in [0.25, 0.3) is 0 Å². The average Bonchev–Trinajstić information content (AvgIpc) is 2.82. The van der Waals surface area contributed by atoms with E-state index in [9.17, 15) is 4.39 Å². The lowest BCUT2D eigenvalue weighted by Crippen LogP contribution is -1.89. The maximum Gasteiger partial charge on any atom is 0.230 e. The van der Waals surface area contributed by atoms with Gasteiger partial charge in [0.05, 0.1) is 10.6 Å². The number of pyridine rings is 1. The van der Waals surface area contributed by atoms with Crippen LogP contribution in [-0.4, -0.2) is 10.1 Å². The fraction of sp³-hybridized carbons (Fsp3) is 0. The number of anilines is 1. The Labute approximate surface area is 119 Å². The molecule has 1 aromatic carbocycles. The van der Waals surface area contributed by atoms with E-state index in [0.29, 0.717) is 16.8 Å². The number of nitrogens with zero attached hydrogens (tertiary/aromatic N) is 2. The van der Waals surface area contributed by atoms with Crippen molar-refractivity contribution in [1.82, 2.24) is 10.1 Å². The molecule has 0 unspecified atom stereocenters. The average molecular weight is 290 g/mol. The normalized spacial score (nSPS) is 10.7. The molecule has 0 spiro atoms. The molecular formula is C14H9ClFN3O. The summed E-state index contributed by atoms with van der Waals surface area (Å²) in [5, 5.41) is 4.19. The van der Waals surface area contributed by atoms with Crippen LogP contribution in [0.4, 0.5) is 10.3 Å². The minimum atomic E-state index is -0.417. The first-order valence-electron chi connectivity index (χ1n) is 5.78. The third kappa shape index (κ3) is 2.12. The molecule has 0 amide bonds.